The smallest absolute Gasteiger partial charge is 0.246 e. The number of nitrogens with one attached hydrogen (secondary N) is 2. The molecule has 1 aromatic carbocycles. The van der Waals surface area contributed by atoms with Crippen molar-refractivity contribution in [3.8, 4) is 0 Å². The van der Waals surface area contributed by atoms with Gasteiger partial charge in [-0.25, -0.2) is 0 Å². The van der Waals surface area contributed by atoms with E-state index in [-0.39, 0.29) is 30.3 Å². The van der Waals surface area contributed by atoms with E-state index in [9.17, 15) is 14.4 Å². The fourth-order valence-corrected chi connectivity index (χ4v) is 2.68. The highest BCUT2D eigenvalue weighted by molar-refractivity contribution is 6.30. The van der Waals surface area contributed by atoms with Gasteiger partial charge in [0.2, 0.25) is 18.2 Å². The molecule has 142 valence electrons. The highest BCUT2D eigenvalue weighted by atomic mass is 35.5. The number of hydrogen-bond donors (Lipinski definition) is 2. The maximum absolute atomic E-state index is 12.3. The van der Waals surface area contributed by atoms with Crippen LogP contribution in [0, 0.1) is 5.92 Å². The third kappa shape index (κ3) is 6.88. The Hall–Kier alpha value is -2.34. The van der Waals surface area contributed by atoms with Gasteiger partial charge in [-0.15, -0.1) is 0 Å². The Balaban J connectivity index is 2.76. The highest BCUT2D eigenvalue weighted by Crippen LogP contribution is 2.14. The van der Waals surface area contributed by atoms with Crippen molar-refractivity contribution in [3.63, 3.8) is 0 Å². The maximum atomic E-state index is 12.3. The number of carbonyl (C=O) groups excluding carboxylic acids is 3. The Bertz CT molecular complexity index is 674. The zero-order chi connectivity index (χ0) is 19.7. The molecule has 0 fully saturated rings. The van der Waals surface area contributed by atoms with Crippen molar-refractivity contribution in [1.82, 2.24) is 15.5 Å². The number of likely N-dealkylation sites (N-methyl/N-ethyl adjacent to an activating group) is 1. The number of amides is 3. The summed E-state index contributed by atoms with van der Waals surface area (Å²) in [5.74, 6) is -0.322. The maximum Gasteiger partial charge on any atom is 0.246 e. The second-order valence-electron chi connectivity index (χ2n) is 6.40. The van der Waals surface area contributed by atoms with E-state index < -0.39 is 0 Å². The average molecular weight is 380 g/mol. The topological polar surface area (TPSA) is 78.5 Å². The highest BCUT2D eigenvalue weighted by Gasteiger charge is 2.22. The van der Waals surface area contributed by atoms with Crippen molar-refractivity contribution in [2.75, 3.05) is 13.6 Å². The van der Waals surface area contributed by atoms with Gasteiger partial charge in [-0.2, -0.15) is 0 Å². The lowest BCUT2D eigenvalue weighted by Gasteiger charge is -2.29. The van der Waals surface area contributed by atoms with Gasteiger partial charge in [0.25, 0.3) is 0 Å². The fourth-order valence-electron chi connectivity index (χ4n) is 2.47. The fraction of sp³-hybridized carbons (Fsp3) is 0.421. The molecule has 1 aromatic rings. The second-order valence-corrected chi connectivity index (χ2v) is 6.84. The molecule has 0 unspecified atom stereocenters. The molecule has 0 aliphatic carbocycles. The third-order valence-corrected chi connectivity index (χ3v) is 4.22. The molecule has 0 spiro atoms. The van der Waals surface area contributed by atoms with Crippen LogP contribution in [0.25, 0.3) is 0 Å². The van der Waals surface area contributed by atoms with Crippen molar-refractivity contribution in [2.45, 2.75) is 33.4 Å². The van der Waals surface area contributed by atoms with E-state index in [0.29, 0.717) is 23.6 Å². The summed E-state index contributed by atoms with van der Waals surface area (Å²) < 4.78 is 0. The second kappa shape index (κ2) is 10.6. The monoisotopic (exact) mass is 379 g/mol. The lowest BCUT2D eigenvalue weighted by molar-refractivity contribution is -0.132. The molecule has 3 amide bonds. The van der Waals surface area contributed by atoms with E-state index in [4.69, 9.17) is 11.6 Å². The van der Waals surface area contributed by atoms with Crippen LogP contribution in [0.1, 0.15) is 26.3 Å². The first-order valence-corrected chi connectivity index (χ1v) is 8.77. The van der Waals surface area contributed by atoms with Crippen molar-refractivity contribution in [2.24, 2.45) is 5.92 Å². The molecule has 0 bridgehead atoms. The number of benzene rings is 1. The SMILES string of the molecule is C/C(=C\[C@H](C(C)C)N(C)C(=O)CNC=O)C(=O)NCc1cccc(Cl)c1. The number of rotatable bonds is 9. The van der Waals surface area contributed by atoms with Crippen LogP contribution < -0.4 is 10.6 Å². The van der Waals surface area contributed by atoms with Crippen LogP contribution in [-0.4, -0.2) is 42.8 Å². The Kier molecular flexibility index (Phi) is 8.85. The summed E-state index contributed by atoms with van der Waals surface area (Å²) in [7, 11) is 1.66. The van der Waals surface area contributed by atoms with Crippen molar-refractivity contribution in [1.29, 1.82) is 0 Å². The number of halogens is 1. The first-order valence-electron chi connectivity index (χ1n) is 8.40. The molecule has 0 aliphatic heterocycles. The predicted octanol–water partition coefficient (Wildman–Crippen LogP) is 2.13. The van der Waals surface area contributed by atoms with Gasteiger partial charge < -0.3 is 15.5 Å². The molecular formula is C19H26ClN3O3. The van der Waals surface area contributed by atoms with Gasteiger partial charge in [-0.05, 0) is 30.5 Å². The molecule has 1 atom stereocenters. The molecule has 0 heterocycles. The summed E-state index contributed by atoms with van der Waals surface area (Å²) in [6, 6.07) is 7.03. The first-order chi connectivity index (χ1) is 12.3. The van der Waals surface area contributed by atoms with Gasteiger partial charge in [-0.3, -0.25) is 14.4 Å². The Labute approximate surface area is 159 Å². The normalized spacial score (nSPS) is 12.5. The van der Waals surface area contributed by atoms with Crippen LogP contribution in [0.2, 0.25) is 5.02 Å². The summed E-state index contributed by atoms with van der Waals surface area (Å²) in [4.78, 5) is 36.3. The summed E-state index contributed by atoms with van der Waals surface area (Å²) in [5.41, 5.74) is 1.43. The van der Waals surface area contributed by atoms with Crippen LogP contribution in [0.4, 0.5) is 0 Å². The Morgan fingerprint density at radius 1 is 1.31 bits per heavy atom. The lowest BCUT2D eigenvalue weighted by Crippen LogP contribution is -2.43. The zero-order valence-electron chi connectivity index (χ0n) is 15.6. The van der Waals surface area contributed by atoms with Crippen LogP contribution in [-0.2, 0) is 20.9 Å². The molecule has 6 nitrogen and oxygen atoms in total. The minimum Gasteiger partial charge on any atom is -0.350 e. The summed E-state index contributed by atoms with van der Waals surface area (Å²) >= 11 is 5.94. The summed E-state index contributed by atoms with van der Waals surface area (Å²) in [6.45, 7) is 5.95. The van der Waals surface area contributed by atoms with Crippen LogP contribution in [0.5, 0.6) is 0 Å². The molecule has 1 rings (SSSR count). The van der Waals surface area contributed by atoms with Crippen molar-refractivity contribution in [3.05, 3.63) is 46.5 Å². The van der Waals surface area contributed by atoms with E-state index in [1.54, 1.807) is 32.2 Å². The summed E-state index contributed by atoms with van der Waals surface area (Å²) in [6.07, 6.45) is 2.26. The lowest BCUT2D eigenvalue weighted by atomic mass is 9.99. The van der Waals surface area contributed by atoms with Gasteiger partial charge in [0.1, 0.15) is 0 Å². The van der Waals surface area contributed by atoms with Crippen LogP contribution in [0.3, 0.4) is 0 Å². The predicted molar refractivity (Wildman–Crippen MR) is 103 cm³/mol. The number of nitrogens with zero attached hydrogens (tertiary/aromatic N) is 1. The minimum absolute atomic E-state index is 0.0724. The first kappa shape index (κ1) is 21.7. The molecule has 2 N–H and O–H groups in total. The molecular weight excluding hydrogens is 354 g/mol. The standard InChI is InChI=1S/C19H26ClN3O3/c1-13(2)17(23(4)18(25)11-21-12-24)8-14(3)19(26)22-10-15-6-5-7-16(20)9-15/h5-9,12-13,17H,10-11H2,1-4H3,(H,21,24)(H,22,26)/b14-8+/t17-/m1/s1. The molecule has 7 heteroatoms. The van der Waals surface area contributed by atoms with E-state index >= 15 is 0 Å². The number of hydrogen-bond acceptors (Lipinski definition) is 3. The van der Waals surface area contributed by atoms with Crippen LogP contribution >= 0.6 is 11.6 Å². The van der Waals surface area contributed by atoms with Gasteiger partial charge in [0.15, 0.2) is 0 Å². The van der Waals surface area contributed by atoms with Gasteiger partial charge >= 0.3 is 0 Å². The number of carbonyl (C=O) groups is 3. The Morgan fingerprint density at radius 2 is 2.00 bits per heavy atom. The quantitative estimate of drug-likeness (QED) is 0.509. The third-order valence-electron chi connectivity index (χ3n) is 3.98. The van der Waals surface area contributed by atoms with Crippen molar-refractivity contribution < 1.29 is 14.4 Å². The van der Waals surface area contributed by atoms with Crippen molar-refractivity contribution >= 4 is 29.8 Å². The van der Waals surface area contributed by atoms with Gasteiger partial charge in [0, 0.05) is 24.2 Å². The Morgan fingerprint density at radius 3 is 2.58 bits per heavy atom. The molecule has 26 heavy (non-hydrogen) atoms. The van der Waals surface area contributed by atoms with E-state index in [2.05, 4.69) is 10.6 Å². The zero-order valence-corrected chi connectivity index (χ0v) is 16.3. The van der Waals surface area contributed by atoms with Gasteiger partial charge in [-0.1, -0.05) is 43.7 Å². The van der Waals surface area contributed by atoms with E-state index in [1.807, 2.05) is 26.0 Å². The average Bonchev–Trinajstić information content (AvgIpc) is 2.61. The molecule has 0 saturated heterocycles. The molecule has 0 aliphatic rings. The molecule has 0 radical (unpaired) electrons. The van der Waals surface area contributed by atoms with Crippen LogP contribution in [0.15, 0.2) is 35.9 Å². The van der Waals surface area contributed by atoms with Gasteiger partial charge in [0.05, 0.1) is 12.6 Å². The molecule has 0 aromatic heterocycles. The van der Waals surface area contributed by atoms with E-state index in [1.165, 1.54) is 4.90 Å². The molecule has 0 saturated carbocycles. The summed E-state index contributed by atoms with van der Waals surface area (Å²) in [5, 5.41) is 5.82. The largest absolute Gasteiger partial charge is 0.350 e. The minimum atomic E-state index is -0.257. The van der Waals surface area contributed by atoms with E-state index in [0.717, 1.165) is 5.56 Å².